The first-order valence-electron chi connectivity index (χ1n) is 11.4. The molecular weight excluding hydrogens is 429 g/mol. The Bertz CT molecular complexity index is 1070. The maximum Gasteiger partial charge on any atom is 0.273 e. The Kier molecular flexibility index (Phi) is 6.72. The molecule has 0 spiro atoms. The van der Waals surface area contributed by atoms with Crippen molar-refractivity contribution in [2.45, 2.75) is 70.9 Å². The number of aliphatic hydroxyl groups is 1. The monoisotopic (exact) mass is 458 g/mol. The van der Waals surface area contributed by atoms with Crippen LogP contribution in [0.1, 0.15) is 73.7 Å². The average Bonchev–Trinajstić information content (AvgIpc) is 2.75. The molecule has 2 N–H and O–H groups in total. The van der Waals surface area contributed by atoms with Crippen LogP contribution < -0.4 is 5.32 Å². The molecule has 0 atom stereocenters. The molecule has 33 heavy (non-hydrogen) atoms. The summed E-state index contributed by atoms with van der Waals surface area (Å²) in [6.45, 7) is 2.37. The van der Waals surface area contributed by atoms with E-state index in [1.54, 1.807) is 19.2 Å². The number of nitrogens with zero attached hydrogens (tertiary/aromatic N) is 3. The van der Waals surface area contributed by atoms with Gasteiger partial charge in [0.25, 0.3) is 5.92 Å². The SMILES string of the molecule is Cc1nc2c(c(NCc3cccc(C(C)(F)F)c3F)n1)C=NC1CCC(CCC(O)=C2)CC1. The minimum atomic E-state index is -3.27. The molecule has 1 aromatic carbocycles. The predicted molar refractivity (Wildman–Crippen MR) is 123 cm³/mol. The summed E-state index contributed by atoms with van der Waals surface area (Å²) in [7, 11) is 0. The molecule has 8 heteroatoms. The first kappa shape index (κ1) is 23.3. The third-order valence-corrected chi connectivity index (χ3v) is 6.43. The number of rotatable bonds is 4. The Morgan fingerprint density at radius 1 is 1.12 bits per heavy atom. The van der Waals surface area contributed by atoms with Crippen molar-refractivity contribution in [3.8, 4) is 0 Å². The molecule has 3 aliphatic rings. The van der Waals surface area contributed by atoms with Crippen LogP contribution in [0.3, 0.4) is 0 Å². The molecule has 2 bridgehead atoms. The van der Waals surface area contributed by atoms with E-state index in [1.165, 1.54) is 12.1 Å². The molecule has 2 aromatic rings. The van der Waals surface area contributed by atoms with E-state index in [-0.39, 0.29) is 23.9 Å². The minimum Gasteiger partial charge on any atom is -0.512 e. The van der Waals surface area contributed by atoms with Gasteiger partial charge in [-0.25, -0.2) is 23.1 Å². The van der Waals surface area contributed by atoms with E-state index in [1.807, 2.05) is 0 Å². The molecule has 5 nitrogen and oxygen atoms in total. The van der Waals surface area contributed by atoms with Crippen molar-refractivity contribution in [2.24, 2.45) is 10.9 Å². The minimum absolute atomic E-state index is 0.0344. The lowest BCUT2D eigenvalue weighted by molar-refractivity contribution is 0.0136. The van der Waals surface area contributed by atoms with Crippen LogP contribution in [0, 0.1) is 18.7 Å². The molecule has 1 aromatic heterocycles. The number of allylic oxidation sites excluding steroid dienone is 1. The second kappa shape index (κ2) is 9.53. The zero-order valence-corrected chi connectivity index (χ0v) is 18.9. The van der Waals surface area contributed by atoms with Gasteiger partial charge in [-0.3, -0.25) is 4.99 Å². The predicted octanol–water partition coefficient (Wildman–Crippen LogP) is 6.32. The highest BCUT2D eigenvalue weighted by molar-refractivity contribution is 5.90. The number of alkyl halides is 2. The lowest BCUT2D eigenvalue weighted by atomic mass is 9.83. The largest absolute Gasteiger partial charge is 0.512 e. The third kappa shape index (κ3) is 5.54. The third-order valence-electron chi connectivity index (χ3n) is 6.43. The smallest absolute Gasteiger partial charge is 0.273 e. The summed E-state index contributed by atoms with van der Waals surface area (Å²) < 4.78 is 42.2. The Labute approximate surface area is 191 Å². The maximum atomic E-state index is 14.7. The lowest BCUT2D eigenvalue weighted by Crippen LogP contribution is -2.18. The van der Waals surface area contributed by atoms with E-state index in [9.17, 15) is 18.3 Å². The van der Waals surface area contributed by atoms with Gasteiger partial charge in [-0.05, 0) is 44.9 Å². The number of anilines is 1. The fourth-order valence-electron chi connectivity index (χ4n) is 4.55. The summed E-state index contributed by atoms with van der Waals surface area (Å²) in [5, 5.41) is 13.6. The second-order valence-corrected chi connectivity index (χ2v) is 9.07. The van der Waals surface area contributed by atoms with Crippen LogP contribution in [0.15, 0.2) is 29.0 Å². The molecule has 1 saturated carbocycles. The van der Waals surface area contributed by atoms with Crippen LogP contribution in [0.2, 0.25) is 0 Å². The van der Waals surface area contributed by atoms with Crippen LogP contribution in [0.5, 0.6) is 0 Å². The van der Waals surface area contributed by atoms with Crippen LogP contribution in [0.25, 0.3) is 6.08 Å². The number of halogens is 3. The Morgan fingerprint density at radius 2 is 1.88 bits per heavy atom. The zero-order chi connectivity index (χ0) is 23.6. The van der Waals surface area contributed by atoms with Gasteiger partial charge >= 0.3 is 0 Å². The molecule has 3 heterocycles. The number of aliphatic imine (C=N–C) groups is 1. The van der Waals surface area contributed by atoms with Crippen LogP contribution in [-0.4, -0.2) is 27.3 Å². The molecule has 0 saturated heterocycles. The van der Waals surface area contributed by atoms with Crippen molar-refractivity contribution in [2.75, 3.05) is 5.32 Å². The Hall–Kier alpha value is -2.90. The van der Waals surface area contributed by atoms with E-state index in [4.69, 9.17) is 4.99 Å². The van der Waals surface area contributed by atoms with Gasteiger partial charge in [0.1, 0.15) is 17.5 Å². The van der Waals surface area contributed by atoms with Gasteiger partial charge < -0.3 is 10.4 Å². The van der Waals surface area contributed by atoms with Gasteiger partial charge in [-0.2, -0.15) is 0 Å². The summed E-state index contributed by atoms with van der Waals surface area (Å²) in [5.41, 5.74) is 0.589. The lowest BCUT2D eigenvalue weighted by Gasteiger charge is -2.26. The average molecular weight is 459 g/mol. The van der Waals surface area contributed by atoms with E-state index >= 15 is 0 Å². The summed E-state index contributed by atoms with van der Waals surface area (Å²) >= 11 is 0. The van der Waals surface area contributed by atoms with Gasteiger partial charge in [0.15, 0.2) is 0 Å². The number of aryl methyl sites for hydroxylation is 1. The van der Waals surface area contributed by atoms with Crippen LogP contribution in [-0.2, 0) is 12.5 Å². The molecule has 1 fully saturated rings. The van der Waals surface area contributed by atoms with E-state index in [0.717, 1.165) is 38.2 Å². The zero-order valence-electron chi connectivity index (χ0n) is 18.9. The van der Waals surface area contributed by atoms with Crippen molar-refractivity contribution in [3.63, 3.8) is 0 Å². The number of hydrogen-bond donors (Lipinski definition) is 2. The van der Waals surface area contributed by atoms with Gasteiger partial charge in [0.05, 0.1) is 22.6 Å². The van der Waals surface area contributed by atoms with Gasteiger partial charge in [0, 0.05) is 43.8 Å². The molecule has 2 aliphatic heterocycles. The topological polar surface area (TPSA) is 70.4 Å². The standard InChI is InChI=1S/C25H29F3N4O/c1-15-31-22-12-19(33)11-8-16-6-9-18(10-7-16)29-14-20(22)24(32-15)30-13-17-4-3-5-21(23(17)26)25(2,27)28/h3-5,12,14,16,18,33H,6-11,13H2,1-2H3,(H,30,31,32). The number of nitrogens with one attached hydrogen (secondary N) is 1. The summed E-state index contributed by atoms with van der Waals surface area (Å²) in [4.78, 5) is 13.7. The molecule has 0 amide bonds. The fraction of sp³-hybridized carbons (Fsp3) is 0.480. The van der Waals surface area contributed by atoms with Crippen molar-refractivity contribution >= 4 is 18.1 Å². The van der Waals surface area contributed by atoms with Gasteiger partial charge in [-0.1, -0.05) is 18.2 Å². The summed E-state index contributed by atoms with van der Waals surface area (Å²) in [6.07, 6.45) is 9.06. The van der Waals surface area contributed by atoms with Crippen molar-refractivity contribution in [3.05, 3.63) is 58.0 Å². The summed E-state index contributed by atoms with van der Waals surface area (Å²) in [5.74, 6) is -2.46. The number of aromatic nitrogens is 2. The number of fused-ring (bicyclic) bond motifs is 4. The van der Waals surface area contributed by atoms with Gasteiger partial charge in [-0.15, -0.1) is 0 Å². The number of hydrogen-bond acceptors (Lipinski definition) is 5. The molecule has 5 rings (SSSR count). The number of benzene rings is 1. The normalized spacial score (nSPS) is 21.1. The highest BCUT2D eigenvalue weighted by atomic mass is 19.3. The molecular formula is C25H29F3N4O. The highest BCUT2D eigenvalue weighted by Gasteiger charge is 2.29. The van der Waals surface area contributed by atoms with Crippen molar-refractivity contribution in [1.82, 2.24) is 9.97 Å². The van der Waals surface area contributed by atoms with Gasteiger partial charge in [0.2, 0.25) is 0 Å². The molecule has 1 aliphatic carbocycles. The Morgan fingerprint density at radius 3 is 2.61 bits per heavy atom. The maximum absolute atomic E-state index is 14.7. The van der Waals surface area contributed by atoms with Crippen molar-refractivity contribution < 1.29 is 18.3 Å². The molecule has 176 valence electrons. The highest BCUT2D eigenvalue weighted by Crippen LogP contribution is 2.33. The van der Waals surface area contributed by atoms with E-state index in [2.05, 4.69) is 15.3 Å². The molecule has 0 radical (unpaired) electrons. The first-order valence-corrected chi connectivity index (χ1v) is 11.4. The van der Waals surface area contributed by atoms with E-state index in [0.29, 0.717) is 42.2 Å². The fourth-order valence-corrected chi connectivity index (χ4v) is 4.55. The van der Waals surface area contributed by atoms with E-state index < -0.39 is 17.3 Å². The summed E-state index contributed by atoms with van der Waals surface area (Å²) in [6, 6.07) is 4.20. The quantitative estimate of drug-likeness (QED) is 0.563. The van der Waals surface area contributed by atoms with Crippen LogP contribution in [0.4, 0.5) is 19.0 Å². The first-order chi connectivity index (χ1) is 15.7. The Balaban J connectivity index is 1.69. The molecule has 0 unspecified atom stereocenters. The van der Waals surface area contributed by atoms with Crippen molar-refractivity contribution in [1.29, 1.82) is 0 Å². The second-order valence-electron chi connectivity index (χ2n) is 9.07. The van der Waals surface area contributed by atoms with Crippen LogP contribution >= 0.6 is 0 Å². The number of aliphatic hydroxyl groups excluding tert-OH is 1.